The number of carbonyl (C=O) groups is 1. The third-order valence-corrected chi connectivity index (χ3v) is 4.26. The Labute approximate surface area is 140 Å². The molecule has 0 saturated heterocycles. The van der Waals surface area contributed by atoms with Crippen molar-refractivity contribution in [3.8, 4) is 5.75 Å². The maximum absolute atomic E-state index is 12.2. The van der Waals surface area contributed by atoms with E-state index < -0.39 is 12.0 Å². The Bertz CT molecular complexity index is 728. The summed E-state index contributed by atoms with van der Waals surface area (Å²) in [7, 11) is 3.61. The third kappa shape index (κ3) is 3.42. The van der Waals surface area contributed by atoms with E-state index in [9.17, 15) is 9.90 Å². The number of nitrogens with one attached hydrogen (secondary N) is 1. The summed E-state index contributed by atoms with van der Waals surface area (Å²) in [6.45, 7) is 2.98. The van der Waals surface area contributed by atoms with E-state index in [1.807, 2.05) is 4.68 Å². The van der Waals surface area contributed by atoms with E-state index >= 15 is 0 Å². The van der Waals surface area contributed by atoms with Gasteiger partial charge in [0.25, 0.3) is 5.91 Å². The molecule has 24 heavy (non-hydrogen) atoms. The van der Waals surface area contributed by atoms with Crippen LogP contribution in [0.1, 0.15) is 22.9 Å². The Morgan fingerprint density at radius 3 is 3.08 bits per heavy atom. The minimum absolute atomic E-state index is 0.350. The normalized spacial score (nSPS) is 15.6. The molecule has 1 aliphatic heterocycles. The molecule has 0 spiro atoms. The molecule has 0 fully saturated rings. The van der Waals surface area contributed by atoms with Gasteiger partial charge in [0.1, 0.15) is 5.75 Å². The van der Waals surface area contributed by atoms with Gasteiger partial charge in [0.2, 0.25) is 0 Å². The Morgan fingerprint density at radius 2 is 2.29 bits per heavy atom. The number of benzene rings is 1. The van der Waals surface area contributed by atoms with Gasteiger partial charge in [-0.05, 0) is 24.7 Å². The number of hydrogen-bond acceptors (Lipinski definition) is 5. The molecule has 7 nitrogen and oxygen atoms in total. The highest BCUT2D eigenvalue weighted by Gasteiger charge is 2.21. The first-order valence-electron chi connectivity index (χ1n) is 7.90. The molecule has 3 rings (SSSR count). The summed E-state index contributed by atoms with van der Waals surface area (Å²) in [6, 6.07) is 6.86. The number of ether oxygens (including phenoxy) is 1. The number of amides is 1. The first-order valence-corrected chi connectivity index (χ1v) is 7.90. The lowest BCUT2D eigenvalue weighted by Crippen LogP contribution is -2.32. The summed E-state index contributed by atoms with van der Waals surface area (Å²) in [5.41, 5.74) is 2.59. The van der Waals surface area contributed by atoms with Gasteiger partial charge in [-0.25, -0.2) is 0 Å². The van der Waals surface area contributed by atoms with Crippen LogP contribution in [0.5, 0.6) is 5.75 Å². The standard InChI is InChI=1S/C17H22N4O3/c1-20-6-7-21-15(11-20)13(10-19-21)9-18-17(23)16(22)12-4-3-5-14(8-12)24-2/h3-5,8,10,16,22H,6-7,9,11H2,1-2H3,(H,18,23). The van der Waals surface area contributed by atoms with Gasteiger partial charge in [0.05, 0.1) is 25.5 Å². The van der Waals surface area contributed by atoms with Crippen LogP contribution in [0.2, 0.25) is 0 Å². The second-order valence-electron chi connectivity index (χ2n) is 5.97. The van der Waals surface area contributed by atoms with Crippen molar-refractivity contribution in [3.05, 3.63) is 47.3 Å². The van der Waals surface area contributed by atoms with Crippen molar-refractivity contribution < 1.29 is 14.6 Å². The van der Waals surface area contributed by atoms with Crippen LogP contribution < -0.4 is 10.1 Å². The molecule has 1 aliphatic rings. The van der Waals surface area contributed by atoms with E-state index in [0.29, 0.717) is 17.9 Å². The zero-order valence-electron chi connectivity index (χ0n) is 13.9. The van der Waals surface area contributed by atoms with Crippen LogP contribution in [-0.4, -0.2) is 46.4 Å². The molecule has 1 unspecified atom stereocenters. The minimum Gasteiger partial charge on any atom is -0.497 e. The maximum Gasteiger partial charge on any atom is 0.253 e. The van der Waals surface area contributed by atoms with Gasteiger partial charge in [0.15, 0.2) is 6.10 Å². The van der Waals surface area contributed by atoms with Crippen molar-refractivity contribution in [1.29, 1.82) is 0 Å². The van der Waals surface area contributed by atoms with Crippen LogP contribution in [0, 0.1) is 0 Å². The topological polar surface area (TPSA) is 79.6 Å². The number of fused-ring (bicyclic) bond motifs is 1. The first kappa shape index (κ1) is 16.5. The molecule has 2 N–H and O–H groups in total. The van der Waals surface area contributed by atoms with Gasteiger partial charge in [0, 0.05) is 25.2 Å². The average molecular weight is 330 g/mol. The Hall–Kier alpha value is -2.38. The molecule has 2 heterocycles. The van der Waals surface area contributed by atoms with E-state index in [-0.39, 0.29) is 0 Å². The quantitative estimate of drug-likeness (QED) is 0.843. The fourth-order valence-corrected chi connectivity index (χ4v) is 2.82. The Kier molecular flexibility index (Phi) is 4.82. The van der Waals surface area contributed by atoms with Crippen molar-refractivity contribution in [2.75, 3.05) is 20.7 Å². The predicted molar refractivity (Wildman–Crippen MR) is 88.4 cm³/mol. The summed E-state index contributed by atoms with van der Waals surface area (Å²) < 4.78 is 7.09. The van der Waals surface area contributed by atoms with Crippen molar-refractivity contribution >= 4 is 5.91 Å². The average Bonchev–Trinajstić information content (AvgIpc) is 3.01. The second-order valence-corrected chi connectivity index (χ2v) is 5.97. The molecule has 1 aromatic heterocycles. The first-order chi connectivity index (χ1) is 11.6. The van der Waals surface area contributed by atoms with Crippen molar-refractivity contribution in [1.82, 2.24) is 20.0 Å². The van der Waals surface area contributed by atoms with Gasteiger partial charge < -0.3 is 15.2 Å². The smallest absolute Gasteiger partial charge is 0.253 e. The third-order valence-electron chi connectivity index (χ3n) is 4.26. The zero-order valence-corrected chi connectivity index (χ0v) is 13.9. The highest BCUT2D eigenvalue weighted by molar-refractivity contribution is 5.82. The minimum atomic E-state index is -1.23. The molecule has 0 saturated carbocycles. The Morgan fingerprint density at radius 1 is 1.46 bits per heavy atom. The van der Waals surface area contributed by atoms with Gasteiger partial charge in [-0.2, -0.15) is 5.10 Å². The lowest BCUT2D eigenvalue weighted by atomic mass is 10.1. The lowest BCUT2D eigenvalue weighted by Gasteiger charge is -2.24. The Balaban J connectivity index is 1.64. The van der Waals surface area contributed by atoms with E-state index in [4.69, 9.17) is 4.74 Å². The zero-order chi connectivity index (χ0) is 17.1. The summed E-state index contributed by atoms with van der Waals surface area (Å²) >= 11 is 0. The van der Waals surface area contributed by atoms with Gasteiger partial charge >= 0.3 is 0 Å². The summed E-state index contributed by atoms with van der Waals surface area (Å²) in [4.78, 5) is 14.4. The maximum atomic E-state index is 12.2. The lowest BCUT2D eigenvalue weighted by molar-refractivity contribution is -0.129. The molecular formula is C17H22N4O3. The number of likely N-dealkylation sites (N-methyl/N-ethyl adjacent to an activating group) is 1. The number of aliphatic hydroxyl groups excluding tert-OH is 1. The molecular weight excluding hydrogens is 308 g/mol. The van der Waals surface area contributed by atoms with Crippen LogP contribution in [0.3, 0.4) is 0 Å². The molecule has 0 radical (unpaired) electrons. The molecule has 0 bridgehead atoms. The fraction of sp³-hybridized carbons (Fsp3) is 0.412. The number of carbonyl (C=O) groups excluding carboxylic acids is 1. The van der Waals surface area contributed by atoms with Crippen LogP contribution in [0.15, 0.2) is 30.5 Å². The largest absolute Gasteiger partial charge is 0.497 e. The van der Waals surface area contributed by atoms with Gasteiger partial charge in [-0.1, -0.05) is 12.1 Å². The van der Waals surface area contributed by atoms with Gasteiger partial charge in [-0.3, -0.25) is 14.4 Å². The van der Waals surface area contributed by atoms with Crippen molar-refractivity contribution in [2.24, 2.45) is 0 Å². The second kappa shape index (κ2) is 7.02. The van der Waals surface area contributed by atoms with Crippen LogP contribution in [0.4, 0.5) is 0 Å². The van der Waals surface area contributed by atoms with E-state index in [2.05, 4.69) is 22.4 Å². The van der Waals surface area contributed by atoms with Crippen LogP contribution >= 0.6 is 0 Å². The van der Waals surface area contributed by atoms with Crippen molar-refractivity contribution in [2.45, 2.75) is 25.7 Å². The SMILES string of the molecule is COc1cccc(C(O)C(=O)NCc2cnn3c2CN(C)CC3)c1. The number of hydrogen-bond donors (Lipinski definition) is 2. The van der Waals surface area contributed by atoms with E-state index in [1.54, 1.807) is 37.6 Å². The number of rotatable bonds is 5. The molecule has 7 heteroatoms. The van der Waals surface area contributed by atoms with Crippen molar-refractivity contribution in [3.63, 3.8) is 0 Å². The predicted octanol–water partition coefficient (Wildman–Crippen LogP) is 0.687. The molecule has 128 valence electrons. The number of methoxy groups -OCH3 is 1. The molecule has 0 aliphatic carbocycles. The molecule has 2 aromatic rings. The fourth-order valence-electron chi connectivity index (χ4n) is 2.82. The highest BCUT2D eigenvalue weighted by atomic mass is 16.5. The molecule has 1 atom stereocenters. The number of aromatic nitrogens is 2. The van der Waals surface area contributed by atoms with Gasteiger partial charge in [-0.15, -0.1) is 0 Å². The highest BCUT2D eigenvalue weighted by Crippen LogP contribution is 2.20. The molecule has 1 aromatic carbocycles. The summed E-state index contributed by atoms with van der Waals surface area (Å²) in [5.74, 6) is 0.167. The molecule has 1 amide bonds. The summed E-state index contributed by atoms with van der Waals surface area (Å²) in [6.07, 6.45) is 0.557. The number of aliphatic hydroxyl groups is 1. The van der Waals surface area contributed by atoms with Crippen LogP contribution in [0.25, 0.3) is 0 Å². The summed E-state index contributed by atoms with van der Waals surface area (Å²) in [5, 5.41) is 17.4. The number of nitrogens with zero attached hydrogens (tertiary/aromatic N) is 3. The van der Waals surface area contributed by atoms with E-state index in [1.165, 1.54) is 0 Å². The monoisotopic (exact) mass is 330 g/mol. The van der Waals surface area contributed by atoms with E-state index in [0.717, 1.165) is 30.9 Å². The van der Waals surface area contributed by atoms with Crippen LogP contribution in [-0.2, 0) is 24.4 Å².